The van der Waals surface area contributed by atoms with E-state index in [2.05, 4.69) is 5.32 Å². The Morgan fingerprint density at radius 3 is 2.65 bits per heavy atom. The smallest absolute Gasteiger partial charge is 0.347 e. The van der Waals surface area contributed by atoms with Crippen LogP contribution in [0.3, 0.4) is 0 Å². The summed E-state index contributed by atoms with van der Waals surface area (Å²) in [5, 5.41) is 12.9. The molecule has 0 aliphatic heterocycles. The molecule has 0 radical (unpaired) electrons. The minimum Gasteiger partial charge on any atom is -0.477 e. The number of thiophene rings is 1. The topological polar surface area (TPSA) is 104 Å². The van der Waals surface area contributed by atoms with Crippen molar-refractivity contribution in [3.05, 3.63) is 16.3 Å². The van der Waals surface area contributed by atoms with Gasteiger partial charge in [0.25, 0.3) is 0 Å². The summed E-state index contributed by atoms with van der Waals surface area (Å²) in [4.78, 5) is 21.9. The molecule has 9 heteroatoms. The fraction of sp³-hybridized carbons (Fsp3) is 0.455. The zero-order chi connectivity index (χ0) is 15.3. The summed E-state index contributed by atoms with van der Waals surface area (Å²) in [5.74, 6) is -1.73. The van der Waals surface area contributed by atoms with Crippen LogP contribution in [0.25, 0.3) is 0 Å². The van der Waals surface area contributed by atoms with Gasteiger partial charge < -0.3 is 10.4 Å². The van der Waals surface area contributed by atoms with Gasteiger partial charge in [-0.05, 0) is 17.9 Å². The van der Waals surface area contributed by atoms with Crippen molar-refractivity contribution in [2.24, 2.45) is 0 Å². The number of nitrogens with one attached hydrogen (secondary N) is 1. The molecule has 1 rings (SSSR count). The second kappa shape index (κ2) is 6.82. The van der Waals surface area contributed by atoms with E-state index in [0.717, 1.165) is 22.1 Å². The van der Waals surface area contributed by atoms with Crippen molar-refractivity contribution >= 4 is 33.2 Å². The molecule has 112 valence electrons. The summed E-state index contributed by atoms with van der Waals surface area (Å²) in [5.41, 5.74) is 0. The lowest BCUT2D eigenvalue weighted by Gasteiger charge is -2.16. The van der Waals surface area contributed by atoms with Crippen LogP contribution in [0.1, 0.15) is 23.0 Å². The van der Waals surface area contributed by atoms with Crippen molar-refractivity contribution in [1.29, 1.82) is 0 Å². The number of carbonyl (C=O) groups is 2. The Morgan fingerprint density at radius 1 is 1.45 bits per heavy atom. The first-order valence-electron chi connectivity index (χ1n) is 5.84. The molecule has 0 aromatic carbocycles. The number of carbonyl (C=O) groups excluding carboxylic acids is 1. The molecule has 0 fully saturated rings. The zero-order valence-electron chi connectivity index (χ0n) is 11.1. The van der Waals surface area contributed by atoms with Gasteiger partial charge in [0, 0.05) is 13.6 Å². The van der Waals surface area contributed by atoms with E-state index in [0.29, 0.717) is 6.54 Å². The van der Waals surface area contributed by atoms with Gasteiger partial charge in [0.05, 0.1) is 6.54 Å². The highest BCUT2D eigenvalue weighted by Gasteiger charge is 2.28. The molecule has 0 unspecified atom stereocenters. The third-order valence-electron chi connectivity index (χ3n) is 2.45. The molecule has 20 heavy (non-hydrogen) atoms. The molecule has 1 heterocycles. The van der Waals surface area contributed by atoms with Crippen molar-refractivity contribution in [3.63, 3.8) is 0 Å². The number of hydrogen-bond acceptors (Lipinski definition) is 5. The number of aromatic carboxylic acids is 1. The van der Waals surface area contributed by atoms with E-state index in [1.807, 2.05) is 6.92 Å². The summed E-state index contributed by atoms with van der Waals surface area (Å²) < 4.78 is 25.3. The summed E-state index contributed by atoms with van der Waals surface area (Å²) in [6.07, 6.45) is 0.746. The van der Waals surface area contributed by atoms with Crippen LogP contribution in [0.4, 0.5) is 0 Å². The number of nitrogens with zero attached hydrogens (tertiary/aromatic N) is 1. The van der Waals surface area contributed by atoms with Crippen LogP contribution in [0, 0.1) is 0 Å². The Balaban J connectivity index is 2.90. The Morgan fingerprint density at radius 2 is 2.10 bits per heavy atom. The van der Waals surface area contributed by atoms with Crippen LogP contribution in [-0.4, -0.2) is 49.8 Å². The van der Waals surface area contributed by atoms with Gasteiger partial charge in [-0.1, -0.05) is 6.92 Å². The Labute approximate surface area is 121 Å². The van der Waals surface area contributed by atoms with E-state index in [1.54, 1.807) is 0 Å². The first kappa shape index (κ1) is 16.6. The minimum absolute atomic E-state index is 0.259. The molecule has 0 atom stereocenters. The summed E-state index contributed by atoms with van der Waals surface area (Å²) in [7, 11) is -2.75. The predicted octanol–water partition coefficient (Wildman–Crippen LogP) is 0.593. The number of carboxylic acid groups (broad SMARTS) is 1. The number of sulfonamides is 1. The van der Waals surface area contributed by atoms with Gasteiger partial charge in [-0.25, -0.2) is 13.2 Å². The molecule has 1 aromatic heterocycles. The minimum atomic E-state index is -3.99. The largest absolute Gasteiger partial charge is 0.477 e. The number of carboxylic acids is 1. The average Bonchev–Trinajstić information content (AvgIpc) is 2.86. The Bertz CT molecular complexity index is 594. The third kappa shape index (κ3) is 3.78. The van der Waals surface area contributed by atoms with Gasteiger partial charge in [0.1, 0.15) is 9.77 Å². The average molecular weight is 320 g/mol. The van der Waals surface area contributed by atoms with E-state index in [9.17, 15) is 18.0 Å². The molecule has 0 aliphatic rings. The molecule has 0 saturated heterocycles. The molecule has 7 nitrogen and oxygen atoms in total. The maximum absolute atomic E-state index is 12.2. The first-order valence-corrected chi connectivity index (χ1v) is 8.16. The molecule has 0 bridgehead atoms. The van der Waals surface area contributed by atoms with Crippen LogP contribution >= 0.6 is 11.3 Å². The Hall–Kier alpha value is -1.45. The fourth-order valence-electron chi connectivity index (χ4n) is 1.43. The highest BCUT2D eigenvalue weighted by atomic mass is 32.2. The van der Waals surface area contributed by atoms with Gasteiger partial charge >= 0.3 is 5.97 Å². The van der Waals surface area contributed by atoms with Crippen LogP contribution in [-0.2, 0) is 14.8 Å². The van der Waals surface area contributed by atoms with Gasteiger partial charge in [-0.2, -0.15) is 4.31 Å². The summed E-state index contributed by atoms with van der Waals surface area (Å²) >= 11 is 0.829. The van der Waals surface area contributed by atoms with Gasteiger partial charge in [0.2, 0.25) is 15.9 Å². The van der Waals surface area contributed by atoms with Crippen molar-refractivity contribution in [2.75, 3.05) is 20.1 Å². The van der Waals surface area contributed by atoms with Gasteiger partial charge in [0.15, 0.2) is 0 Å². The molecular formula is C11H16N2O5S2. The highest BCUT2D eigenvalue weighted by Crippen LogP contribution is 2.24. The standard InChI is InChI=1S/C11H16N2O5S2/c1-3-5-12-9(14)7-13(2)20(17,18)8-4-6-19-10(8)11(15)16/h4,6H,3,5,7H2,1-2H3,(H,12,14)(H,15,16). The molecule has 1 amide bonds. The van der Waals surface area contributed by atoms with E-state index in [-0.39, 0.29) is 16.3 Å². The number of hydrogen-bond donors (Lipinski definition) is 2. The maximum Gasteiger partial charge on any atom is 0.347 e. The maximum atomic E-state index is 12.2. The summed E-state index contributed by atoms with van der Waals surface area (Å²) in [6.45, 7) is 1.99. The van der Waals surface area contributed by atoms with Crippen LogP contribution < -0.4 is 5.32 Å². The lowest BCUT2D eigenvalue weighted by molar-refractivity contribution is -0.121. The van der Waals surface area contributed by atoms with Crippen molar-refractivity contribution in [1.82, 2.24) is 9.62 Å². The van der Waals surface area contributed by atoms with Crippen LogP contribution in [0.5, 0.6) is 0 Å². The Kier molecular flexibility index (Phi) is 5.66. The monoisotopic (exact) mass is 320 g/mol. The molecular weight excluding hydrogens is 304 g/mol. The van der Waals surface area contributed by atoms with Crippen LogP contribution in [0.2, 0.25) is 0 Å². The number of amides is 1. The first-order chi connectivity index (χ1) is 9.30. The highest BCUT2D eigenvalue weighted by molar-refractivity contribution is 7.89. The van der Waals surface area contributed by atoms with Crippen molar-refractivity contribution < 1.29 is 23.1 Å². The van der Waals surface area contributed by atoms with E-state index in [1.165, 1.54) is 18.5 Å². The lowest BCUT2D eigenvalue weighted by Crippen LogP contribution is -2.38. The van der Waals surface area contributed by atoms with Gasteiger partial charge in [-0.15, -0.1) is 11.3 Å². The molecule has 0 aliphatic carbocycles. The van der Waals surface area contributed by atoms with E-state index >= 15 is 0 Å². The quantitative estimate of drug-likeness (QED) is 0.765. The normalized spacial score (nSPS) is 11.6. The summed E-state index contributed by atoms with van der Waals surface area (Å²) in [6, 6.07) is 1.23. The zero-order valence-corrected chi connectivity index (χ0v) is 12.8. The SMILES string of the molecule is CCCNC(=O)CN(C)S(=O)(=O)c1ccsc1C(=O)O. The van der Waals surface area contributed by atoms with Crippen molar-refractivity contribution in [2.45, 2.75) is 18.2 Å². The lowest BCUT2D eigenvalue weighted by atomic mass is 10.4. The number of likely N-dealkylation sites (N-methyl/N-ethyl adjacent to an activating group) is 1. The van der Waals surface area contributed by atoms with E-state index < -0.39 is 21.9 Å². The molecule has 0 saturated carbocycles. The van der Waals surface area contributed by atoms with Crippen LogP contribution in [0.15, 0.2) is 16.3 Å². The van der Waals surface area contributed by atoms with Crippen molar-refractivity contribution in [3.8, 4) is 0 Å². The second-order valence-electron chi connectivity index (χ2n) is 4.03. The second-order valence-corrected chi connectivity index (χ2v) is 6.96. The number of rotatable bonds is 7. The molecule has 2 N–H and O–H groups in total. The molecule has 1 aromatic rings. The van der Waals surface area contributed by atoms with E-state index in [4.69, 9.17) is 5.11 Å². The predicted molar refractivity (Wildman–Crippen MR) is 74.4 cm³/mol. The molecule has 0 spiro atoms. The fourth-order valence-corrected chi connectivity index (χ4v) is 3.79. The third-order valence-corrected chi connectivity index (χ3v) is 5.33. The van der Waals surface area contributed by atoms with Gasteiger partial charge in [-0.3, -0.25) is 4.79 Å².